The van der Waals surface area contributed by atoms with Crippen LogP contribution in [0.25, 0.3) is 0 Å². The summed E-state index contributed by atoms with van der Waals surface area (Å²) in [7, 11) is 3.38. The first-order valence-corrected chi connectivity index (χ1v) is 5.45. The first-order chi connectivity index (χ1) is 8.28. The Morgan fingerprint density at radius 3 is 2.53 bits per heavy atom. The van der Waals surface area contributed by atoms with E-state index >= 15 is 0 Å². The van der Waals surface area contributed by atoms with Gasteiger partial charge < -0.3 is 14.4 Å². The predicted molar refractivity (Wildman–Crippen MR) is 62.8 cm³/mol. The lowest BCUT2D eigenvalue weighted by atomic mass is 10.3. The van der Waals surface area contributed by atoms with Gasteiger partial charge >= 0.3 is 0 Å². The van der Waals surface area contributed by atoms with E-state index in [4.69, 9.17) is 14.7 Å². The van der Waals surface area contributed by atoms with Gasteiger partial charge in [-0.3, -0.25) is 0 Å². The smallest absolute Gasteiger partial charge is 0.142 e. The third-order valence-electron chi connectivity index (χ3n) is 3.04. The van der Waals surface area contributed by atoms with Gasteiger partial charge in [0.1, 0.15) is 24.0 Å². The monoisotopic (exact) mass is 233 g/mol. The van der Waals surface area contributed by atoms with Crippen LogP contribution in [0.3, 0.4) is 0 Å². The molecule has 1 aliphatic rings. The van der Waals surface area contributed by atoms with Gasteiger partial charge in [-0.2, -0.15) is 5.26 Å². The summed E-state index contributed by atoms with van der Waals surface area (Å²) >= 11 is 0. The van der Waals surface area contributed by atoms with Gasteiger partial charge in [0.25, 0.3) is 0 Å². The van der Waals surface area contributed by atoms with E-state index in [0.717, 1.165) is 18.8 Å². The molecule has 0 amide bonds. The summed E-state index contributed by atoms with van der Waals surface area (Å²) in [6, 6.07) is 5.72. The second kappa shape index (κ2) is 5.13. The van der Waals surface area contributed by atoms with Crippen molar-refractivity contribution in [3.05, 3.63) is 24.0 Å². The molecule has 0 aromatic carbocycles. The molecule has 2 rings (SSSR count). The minimum Gasteiger partial charge on any atom is -0.377 e. The molecule has 0 bridgehead atoms. The van der Waals surface area contributed by atoms with Crippen LogP contribution in [0.15, 0.2) is 18.3 Å². The predicted octanol–water partition coefficient (Wildman–Crippen LogP) is 0.803. The number of ether oxygens (including phenoxy) is 2. The zero-order valence-electron chi connectivity index (χ0n) is 9.96. The molecule has 1 saturated heterocycles. The zero-order valence-corrected chi connectivity index (χ0v) is 9.96. The summed E-state index contributed by atoms with van der Waals surface area (Å²) in [6.45, 7) is 1.54. The topological polar surface area (TPSA) is 58.4 Å². The summed E-state index contributed by atoms with van der Waals surface area (Å²) in [5.41, 5.74) is 1.41. The molecule has 17 heavy (non-hydrogen) atoms. The number of nitrogens with zero attached hydrogens (tertiary/aromatic N) is 3. The standard InChI is InChI=1S/C12H15N3O2/c1-16-11-7-15(8-12(11)17-2)10-3-4-14-9(5-10)6-13/h3-5,11-12H,7-8H2,1-2H3. The minimum absolute atomic E-state index is 0.0682. The van der Waals surface area contributed by atoms with Crippen LogP contribution in [0, 0.1) is 11.3 Å². The molecule has 2 atom stereocenters. The van der Waals surface area contributed by atoms with E-state index in [9.17, 15) is 0 Å². The van der Waals surface area contributed by atoms with Crippen molar-refractivity contribution in [2.24, 2.45) is 0 Å². The molecular weight excluding hydrogens is 218 g/mol. The maximum atomic E-state index is 8.82. The molecule has 2 heterocycles. The van der Waals surface area contributed by atoms with Gasteiger partial charge in [-0.25, -0.2) is 4.98 Å². The number of nitriles is 1. The fraction of sp³-hybridized carbons (Fsp3) is 0.500. The number of methoxy groups -OCH3 is 2. The van der Waals surface area contributed by atoms with E-state index in [1.807, 2.05) is 12.1 Å². The Balaban J connectivity index is 2.16. The normalized spacial score (nSPS) is 23.7. The van der Waals surface area contributed by atoms with Crippen molar-refractivity contribution in [3.8, 4) is 6.07 Å². The lowest BCUT2D eigenvalue weighted by Gasteiger charge is -2.17. The van der Waals surface area contributed by atoms with Gasteiger partial charge in [-0.05, 0) is 12.1 Å². The highest BCUT2D eigenvalue weighted by atomic mass is 16.5. The van der Waals surface area contributed by atoms with Crippen LogP contribution in [0.5, 0.6) is 0 Å². The Morgan fingerprint density at radius 1 is 1.35 bits per heavy atom. The van der Waals surface area contributed by atoms with Gasteiger partial charge in [-0.15, -0.1) is 0 Å². The molecule has 0 aliphatic carbocycles. The Hall–Kier alpha value is -1.64. The second-order valence-electron chi connectivity index (χ2n) is 3.96. The quantitative estimate of drug-likeness (QED) is 0.773. The van der Waals surface area contributed by atoms with E-state index in [1.54, 1.807) is 26.5 Å². The summed E-state index contributed by atoms with van der Waals surface area (Å²) in [4.78, 5) is 6.10. The van der Waals surface area contributed by atoms with E-state index in [1.165, 1.54) is 0 Å². The SMILES string of the molecule is COC1CN(c2ccnc(C#N)c2)CC1OC. The molecule has 2 unspecified atom stereocenters. The van der Waals surface area contributed by atoms with Crippen LogP contribution in [-0.4, -0.2) is 44.5 Å². The lowest BCUT2D eigenvalue weighted by molar-refractivity contribution is -0.00461. The molecule has 1 aromatic rings. The minimum atomic E-state index is 0.0682. The summed E-state index contributed by atoms with van der Waals surface area (Å²) in [5, 5.41) is 8.82. The number of pyridine rings is 1. The number of anilines is 1. The molecule has 5 heteroatoms. The van der Waals surface area contributed by atoms with E-state index in [0.29, 0.717) is 5.69 Å². The number of hydrogen-bond donors (Lipinski definition) is 0. The fourth-order valence-corrected chi connectivity index (χ4v) is 2.08. The average Bonchev–Trinajstić information content (AvgIpc) is 2.82. The largest absolute Gasteiger partial charge is 0.377 e. The van der Waals surface area contributed by atoms with Crippen LogP contribution >= 0.6 is 0 Å². The van der Waals surface area contributed by atoms with Gasteiger partial charge in [0.05, 0.1) is 0 Å². The molecular formula is C12H15N3O2. The first-order valence-electron chi connectivity index (χ1n) is 5.45. The first kappa shape index (κ1) is 11.8. The third-order valence-corrected chi connectivity index (χ3v) is 3.04. The highest BCUT2D eigenvalue weighted by molar-refractivity contribution is 5.50. The van der Waals surface area contributed by atoms with Gasteiger partial charge in [0, 0.05) is 39.2 Å². The van der Waals surface area contributed by atoms with Crippen molar-refractivity contribution >= 4 is 5.69 Å². The van der Waals surface area contributed by atoms with E-state index in [-0.39, 0.29) is 12.2 Å². The highest BCUT2D eigenvalue weighted by Crippen LogP contribution is 2.23. The van der Waals surface area contributed by atoms with Gasteiger partial charge in [-0.1, -0.05) is 0 Å². The van der Waals surface area contributed by atoms with Crippen LogP contribution < -0.4 is 4.90 Å². The van der Waals surface area contributed by atoms with Crippen molar-refractivity contribution < 1.29 is 9.47 Å². The van der Waals surface area contributed by atoms with Crippen molar-refractivity contribution in [1.82, 2.24) is 4.98 Å². The van der Waals surface area contributed by atoms with Crippen LogP contribution in [0.1, 0.15) is 5.69 Å². The Morgan fingerprint density at radius 2 is 2.00 bits per heavy atom. The second-order valence-corrected chi connectivity index (χ2v) is 3.96. The van der Waals surface area contributed by atoms with E-state index < -0.39 is 0 Å². The molecule has 0 N–H and O–H groups in total. The fourth-order valence-electron chi connectivity index (χ4n) is 2.08. The molecule has 0 radical (unpaired) electrons. The summed E-state index contributed by atoms with van der Waals surface area (Å²) in [5.74, 6) is 0. The Kier molecular flexibility index (Phi) is 3.57. The average molecular weight is 233 g/mol. The van der Waals surface area contributed by atoms with Crippen molar-refractivity contribution in [2.45, 2.75) is 12.2 Å². The third kappa shape index (κ3) is 2.38. The van der Waals surface area contributed by atoms with Crippen molar-refractivity contribution in [2.75, 3.05) is 32.2 Å². The van der Waals surface area contributed by atoms with Crippen molar-refractivity contribution in [3.63, 3.8) is 0 Å². The van der Waals surface area contributed by atoms with E-state index in [2.05, 4.69) is 9.88 Å². The maximum Gasteiger partial charge on any atom is 0.142 e. The molecule has 1 aliphatic heterocycles. The van der Waals surface area contributed by atoms with Gasteiger partial charge in [0.2, 0.25) is 0 Å². The molecule has 0 saturated carbocycles. The Labute approximate surface area is 101 Å². The summed E-state index contributed by atoms with van der Waals surface area (Å²) < 4.78 is 10.8. The number of hydrogen-bond acceptors (Lipinski definition) is 5. The highest BCUT2D eigenvalue weighted by Gasteiger charge is 2.33. The summed E-state index contributed by atoms with van der Waals surface area (Å²) in [6.07, 6.45) is 1.79. The number of aromatic nitrogens is 1. The Bertz CT molecular complexity index is 418. The van der Waals surface area contributed by atoms with Crippen LogP contribution in [0.2, 0.25) is 0 Å². The number of rotatable bonds is 3. The van der Waals surface area contributed by atoms with Crippen LogP contribution in [-0.2, 0) is 9.47 Å². The van der Waals surface area contributed by atoms with Crippen LogP contribution in [0.4, 0.5) is 5.69 Å². The zero-order chi connectivity index (χ0) is 12.3. The van der Waals surface area contributed by atoms with Gasteiger partial charge in [0.15, 0.2) is 0 Å². The lowest BCUT2D eigenvalue weighted by Crippen LogP contribution is -2.27. The molecule has 1 aromatic heterocycles. The molecule has 90 valence electrons. The van der Waals surface area contributed by atoms with Crippen molar-refractivity contribution in [1.29, 1.82) is 5.26 Å². The molecule has 0 spiro atoms. The molecule has 5 nitrogen and oxygen atoms in total. The molecule has 1 fully saturated rings. The maximum absolute atomic E-state index is 8.82.